The van der Waals surface area contributed by atoms with Crippen LogP contribution < -0.4 is 9.47 Å². The van der Waals surface area contributed by atoms with Crippen LogP contribution in [-0.4, -0.2) is 53.0 Å². The van der Waals surface area contributed by atoms with Crippen molar-refractivity contribution in [1.29, 1.82) is 0 Å². The number of carbonyl (C=O) groups is 1. The topological polar surface area (TPSA) is 67.5 Å². The third-order valence-electron chi connectivity index (χ3n) is 6.10. The number of benzene rings is 2. The summed E-state index contributed by atoms with van der Waals surface area (Å²) < 4.78 is 64.0. The molecule has 0 spiro atoms. The van der Waals surface area contributed by atoms with Gasteiger partial charge in [0.05, 0.1) is 5.52 Å². The minimum Gasteiger partial charge on any atom is -0.486 e. The Labute approximate surface area is 186 Å². The number of likely N-dealkylation sites (tertiary alicyclic amines) is 1. The summed E-state index contributed by atoms with van der Waals surface area (Å²) in [6.45, 7) is 2.14. The first kappa shape index (κ1) is 21.7. The van der Waals surface area contributed by atoms with Gasteiger partial charge in [-0.1, -0.05) is 0 Å². The molecule has 1 fully saturated rings. The first-order valence-electron chi connectivity index (χ1n) is 10.7. The zero-order chi connectivity index (χ0) is 23.2. The zero-order valence-corrected chi connectivity index (χ0v) is 17.5. The highest BCUT2D eigenvalue weighted by atomic mass is 19.4. The lowest BCUT2D eigenvalue weighted by molar-refractivity contribution is -0.144. The van der Waals surface area contributed by atoms with Gasteiger partial charge in [0.25, 0.3) is 0 Å². The third-order valence-corrected chi connectivity index (χ3v) is 6.10. The number of nitrogens with one attached hydrogen (secondary N) is 1. The van der Waals surface area contributed by atoms with Crippen molar-refractivity contribution in [2.45, 2.75) is 25.1 Å². The summed E-state index contributed by atoms with van der Waals surface area (Å²) >= 11 is 0. The Morgan fingerprint density at radius 1 is 1.12 bits per heavy atom. The minimum atomic E-state index is -4.59. The van der Waals surface area contributed by atoms with Crippen LogP contribution in [-0.2, 0) is 6.18 Å². The summed E-state index contributed by atoms with van der Waals surface area (Å²) in [5.74, 6) is -0.994. The molecule has 3 heterocycles. The van der Waals surface area contributed by atoms with Crippen LogP contribution in [0, 0.1) is 11.7 Å². The van der Waals surface area contributed by atoms with Crippen LogP contribution >= 0.6 is 0 Å². The SMILES string of the molecule is O=C(c1ccc(F)cc1)C1CCN(CC2COc3ccc4[nH]c(C(F)(F)F)nc4c3O2)CC1. The van der Waals surface area contributed by atoms with Crippen LogP contribution in [0.4, 0.5) is 17.6 Å². The molecule has 1 N–H and O–H groups in total. The van der Waals surface area contributed by atoms with E-state index in [0.29, 0.717) is 43.8 Å². The van der Waals surface area contributed by atoms with Gasteiger partial charge in [-0.3, -0.25) is 9.69 Å². The molecule has 10 heteroatoms. The quantitative estimate of drug-likeness (QED) is 0.457. The van der Waals surface area contributed by atoms with Gasteiger partial charge in [-0.15, -0.1) is 0 Å². The number of piperidine rings is 1. The van der Waals surface area contributed by atoms with Crippen LogP contribution in [0.25, 0.3) is 11.0 Å². The van der Waals surface area contributed by atoms with Gasteiger partial charge >= 0.3 is 6.18 Å². The molecule has 2 aliphatic rings. The molecule has 174 valence electrons. The smallest absolute Gasteiger partial charge is 0.449 e. The Hall–Kier alpha value is -3.14. The van der Waals surface area contributed by atoms with Gasteiger partial charge in [-0.25, -0.2) is 9.37 Å². The number of aromatic amines is 1. The van der Waals surface area contributed by atoms with E-state index in [-0.39, 0.29) is 47.0 Å². The van der Waals surface area contributed by atoms with E-state index in [2.05, 4.69) is 14.9 Å². The van der Waals surface area contributed by atoms with E-state index < -0.39 is 12.0 Å². The number of nitrogens with zero attached hydrogens (tertiary/aromatic N) is 2. The number of rotatable bonds is 4. The highest BCUT2D eigenvalue weighted by molar-refractivity contribution is 5.97. The van der Waals surface area contributed by atoms with Gasteiger partial charge in [0.2, 0.25) is 5.82 Å². The van der Waals surface area contributed by atoms with Crippen LogP contribution in [0.5, 0.6) is 11.5 Å². The number of ketones is 1. The Morgan fingerprint density at radius 2 is 1.85 bits per heavy atom. The monoisotopic (exact) mass is 463 g/mol. The molecule has 0 aliphatic carbocycles. The molecule has 1 aromatic heterocycles. The van der Waals surface area contributed by atoms with Gasteiger partial charge in [0.15, 0.2) is 17.3 Å². The number of Topliss-reactive ketones (excluding diaryl/α,β-unsaturated/α-hetero) is 1. The normalized spacial score (nSPS) is 19.7. The molecule has 0 radical (unpaired) electrons. The molecule has 5 rings (SSSR count). The van der Waals surface area contributed by atoms with E-state index in [9.17, 15) is 22.4 Å². The van der Waals surface area contributed by atoms with Crippen molar-refractivity contribution in [2.75, 3.05) is 26.2 Å². The van der Waals surface area contributed by atoms with Gasteiger partial charge in [0.1, 0.15) is 24.0 Å². The van der Waals surface area contributed by atoms with Gasteiger partial charge < -0.3 is 14.5 Å². The maximum atomic E-state index is 13.1. The third kappa shape index (κ3) is 4.39. The lowest BCUT2D eigenvalue weighted by Gasteiger charge is -2.35. The van der Waals surface area contributed by atoms with Crippen molar-refractivity contribution in [3.8, 4) is 11.5 Å². The first-order chi connectivity index (χ1) is 15.8. The molecule has 33 heavy (non-hydrogen) atoms. The lowest BCUT2D eigenvalue weighted by Crippen LogP contribution is -2.45. The van der Waals surface area contributed by atoms with E-state index in [4.69, 9.17) is 9.47 Å². The van der Waals surface area contributed by atoms with Crippen molar-refractivity contribution in [1.82, 2.24) is 14.9 Å². The van der Waals surface area contributed by atoms with Crippen LogP contribution in [0.15, 0.2) is 36.4 Å². The van der Waals surface area contributed by atoms with Crippen molar-refractivity contribution < 1.29 is 31.8 Å². The molecular formula is C23H21F4N3O3. The Balaban J connectivity index is 1.22. The van der Waals surface area contributed by atoms with Gasteiger partial charge in [0, 0.05) is 18.0 Å². The number of ether oxygens (including phenoxy) is 2. The molecule has 6 nitrogen and oxygen atoms in total. The summed E-state index contributed by atoms with van der Waals surface area (Å²) in [6, 6.07) is 8.65. The molecule has 2 aliphatic heterocycles. The molecular weight excluding hydrogens is 442 g/mol. The Morgan fingerprint density at radius 3 is 2.55 bits per heavy atom. The minimum absolute atomic E-state index is 0.0159. The highest BCUT2D eigenvalue weighted by Crippen LogP contribution is 2.40. The van der Waals surface area contributed by atoms with Crippen LogP contribution in [0.1, 0.15) is 29.0 Å². The number of hydrogen-bond donors (Lipinski definition) is 1. The van der Waals surface area contributed by atoms with Gasteiger partial charge in [-0.2, -0.15) is 13.2 Å². The summed E-state index contributed by atoms with van der Waals surface area (Å²) in [4.78, 5) is 20.8. The fourth-order valence-electron chi connectivity index (χ4n) is 4.38. The number of alkyl halides is 3. The summed E-state index contributed by atoms with van der Waals surface area (Å²) in [5, 5.41) is 0. The summed E-state index contributed by atoms with van der Waals surface area (Å²) in [6.07, 6.45) is -3.63. The second kappa shape index (κ2) is 8.33. The molecule has 2 aromatic carbocycles. The molecule has 1 saturated heterocycles. The second-order valence-corrected chi connectivity index (χ2v) is 8.37. The number of carbonyl (C=O) groups excluding carboxylic acids is 1. The molecule has 3 aromatic rings. The fourth-order valence-corrected chi connectivity index (χ4v) is 4.38. The highest BCUT2D eigenvalue weighted by Gasteiger charge is 2.36. The number of aromatic nitrogens is 2. The number of halogens is 4. The average Bonchev–Trinajstić information content (AvgIpc) is 3.25. The number of H-pyrrole nitrogens is 1. The number of imidazole rings is 1. The predicted molar refractivity (Wildman–Crippen MR) is 111 cm³/mol. The van der Waals surface area contributed by atoms with E-state index in [0.717, 1.165) is 0 Å². The standard InChI is InChI=1S/C23H21F4N3O3/c24-15-3-1-13(2-4-15)20(31)14-7-9-30(10-8-14)11-16-12-32-18-6-5-17-19(21(18)33-16)29-22(28-17)23(25,26)27/h1-6,14,16H,7-12H2,(H,28,29). The summed E-state index contributed by atoms with van der Waals surface area (Å²) in [5.41, 5.74) is 0.829. The molecule has 1 unspecified atom stereocenters. The summed E-state index contributed by atoms with van der Waals surface area (Å²) in [7, 11) is 0. The van der Waals surface area contributed by atoms with E-state index in [1.165, 1.54) is 30.3 Å². The number of hydrogen-bond acceptors (Lipinski definition) is 5. The van der Waals surface area contributed by atoms with Crippen molar-refractivity contribution in [2.24, 2.45) is 5.92 Å². The van der Waals surface area contributed by atoms with Gasteiger partial charge in [-0.05, 0) is 62.3 Å². The first-order valence-corrected chi connectivity index (χ1v) is 10.7. The van der Waals surface area contributed by atoms with Crippen molar-refractivity contribution in [3.63, 3.8) is 0 Å². The Kier molecular flexibility index (Phi) is 5.48. The Bertz CT molecular complexity index is 1170. The van der Waals surface area contributed by atoms with Crippen LogP contribution in [0.2, 0.25) is 0 Å². The zero-order valence-electron chi connectivity index (χ0n) is 17.5. The maximum Gasteiger partial charge on any atom is 0.449 e. The molecule has 0 saturated carbocycles. The lowest BCUT2D eigenvalue weighted by atomic mass is 9.89. The molecule has 0 amide bonds. The fraction of sp³-hybridized carbons (Fsp3) is 0.391. The largest absolute Gasteiger partial charge is 0.486 e. The maximum absolute atomic E-state index is 13.1. The molecule has 0 bridgehead atoms. The predicted octanol–water partition coefficient (Wildman–Crippen LogP) is 4.46. The van der Waals surface area contributed by atoms with Crippen molar-refractivity contribution >= 4 is 16.8 Å². The second-order valence-electron chi connectivity index (χ2n) is 8.37. The van der Waals surface area contributed by atoms with Crippen LogP contribution in [0.3, 0.4) is 0 Å². The van der Waals surface area contributed by atoms with E-state index in [1.807, 2.05) is 0 Å². The molecule has 1 atom stereocenters. The van der Waals surface area contributed by atoms with E-state index in [1.54, 1.807) is 6.07 Å². The van der Waals surface area contributed by atoms with Crippen molar-refractivity contribution in [3.05, 3.63) is 53.6 Å². The average molecular weight is 463 g/mol. The van der Waals surface area contributed by atoms with E-state index >= 15 is 0 Å². The number of fused-ring (bicyclic) bond motifs is 3.